The summed E-state index contributed by atoms with van der Waals surface area (Å²) in [5.74, 6) is 1.76. The number of hydrogen-bond donors (Lipinski definition) is 0. The molecule has 4 aromatic heterocycles. The molecule has 0 saturated carbocycles. The van der Waals surface area contributed by atoms with Crippen LogP contribution in [0.15, 0.2) is 49.1 Å². The van der Waals surface area contributed by atoms with E-state index in [1.807, 2.05) is 47.8 Å². The van der Waals surface area contributed by atoms with Crippen molar-refractivity contribution in [2.24, 2.45) is 14.1 Å². The summed E-state index contributed by atoms with van der Waals surface area (Å²) >= 11 is 0. The zero-order chi connectivity index (χ0) is 20.1. The molecule has 6 nitrogen and oxygen atoms in total. The predicted octanol–water partition coefficient (Wildman–Crippen LogP) is 3.65. The molecule has 0 aliphatic carbocycles. The molecule has 0 aliphatic heterocycles. The molecule has 0 fully saturated rings. The van der Waals surface area contributed by atoms with Crippen LogP contribution >= 0.6 is 0 Å². The molecule has 0 N–H and O–H groups in total. The van der Waals surface area contributed by atoms with Crippen LogP contribution < -0.4 is 9.97 Å². The average Bonchev–Trinajstić information content (AvgIpc) is 3.41. The van der Waals surface area contributed by atoms with Gasteiger partial charge in [0.1, 0.15) is 11.6 Å². The summed E-state index contributed by atoms with van der Waals surface area (Å²) in [4.78, 5) is 18.7. The van der Waals surface area contributed by atoms with Gasteiger partial charge in [-0.3, -0.25) is 0 Å². The van der Waals surface area contributed by atoms with Crippen molar-refractivity contribution in [2.75, 3.05) is 0 Å². The Morgan fingerprint density at radius 1 is 0.690 bits per heavy atom. The second-order valence-electron chi connectivity index (χ2n) is 8.40. The van der Waals surface area contributed by atoms with Gasteiger partial charge in [-0.2, -0.15) is 11.4 Å². The van der Waals surface area contributed by atoms with Crippen LogP contribution in [0.4, 0.5) is 0 Å². The zero-order valence-corrected chi connectivity index (χ0v) is 19.9. The van der Waals surface area contributed by atoms with Crippen molar-refractivity contribution >= 4 is 0 Å². The van der Waals surface area contributed by atoms with Gasteiger partial charge in [0.2, 0.25) is 0 Å². The molecular weight excluding hydrogens is 543 g/mol. The second-order valence-corrected chi connectivity index (χ2v) is 8.40. The molecule has 154 valence electrons. The van der Waals surface area contributed by atoms with Gasteiger partial charge >= 0.3 is 21.1 Å². The van der Waals surface area contributed by atoms with E-state index in [9.17, 15) is 0 Å². The van der Waals surface area contributed by atoms with Crippen molar-refractivity contribution in [1.82, 2.24) is 29.1 Å². The monoisotopic (exact) mass is 569 g/mol. The van der Waals surface area contributed by atoms with Crippen molar-refractivity contribution in [3.63, 3.8) is 0 Å². The molecule has 0 aromatic carbocycles. The van der Waals surface area contributed by atoms with Crippen LogP contribution in [0.1, 0.15) is 39.1 Å². The third-order valence-electron chi connectivity index (χ3n) is 6.22. The van der Waals surface area contributed by atoms with E-state index in [0.29, 0.717) is 0 Å². The predicted molar refractivity (Wildman–Crippen MR) is 110 cm³/mol. The van der Waals surface area contributed by atoms with E-state index in [1.54, 1.807) is 12.4 Å². The van der Waals surface area contributed by atoms with Gasteiger partial charge in [-0.05, 0) is 10.8 Å². The first-order valence-corrected chi connectivity index (χ1v) is 9.45. The SMILES string of the molecule is Cn1ccnc1-c1ccc(C(C)(C)C(C)(C)c2ccc(-c3nccn3C)[n-]2)[n-]1.[Pt+2]. The van der Waals surface area contributed by atoms with E-state index in [4.69, 9.17) is 9.97 Å². The number of aryl methyl sites for hydroxylation is 2. The van der Waals surface area contributed by atoms with Gasteiger partial charge in [-0.1, -0.05) is 63.3 Å². The molecule has 0 atom stereocenters. The molecule has 29 heavy (non-hydrogen) atoms. The Balaban J connectivity index is 0.00000240. The van der Waals surface area contributed by atoms with Gasteiger partial charge < -0.3 is 19.1 Å². The smallest absolute Gasteiger partial charge is 0.658 e. The fraction of sp³-hybridized carbons (Fsp3) is 0.364. The molecule has 0 spiro atoms. The Hall–Kier alpha value is -2.33. The summed E-state index contributed by atoms with van der Waals surface area (Å²) in [5, 5.41) is 0. The fourth-order valence-corrected chi connectivity index (χ4v) is 3.53. The number of aromatic nitrogens is 6. The molecule has 4 aromatic rings. The summed E-state index contributed by atoms with van der Waals surface area (Å²) in [6, 6.07) is 8.31. The third kappa shape index (κ3) is 3.44. The van der Waals surface area contributed by atoms with E-state index in [-0.39, 0.29) is 31.9 Å². The van der Waals surface area contributed by atoms with Crippen LogP contribution in [0.5, 0.6) is 0 Å². The zero-order valence-electron chi connectivity index (χ0n) is 17.6. The standard InChI is InChI=1S/C22H26N6.Pt/c1-21(2,17-9-7-15(25-17)19-23-11-13-27(19)5)22(3,4)18-10-8-16(26-18)20-24-12-14-28(20)6;/h7-14H,1-6H3;/q-2;+2. The van der Waals surface area contributed by atoms with Gasteiger partial charge in [-0.25, -0.2) is 9.97 Å². The quantitative estimate of drug-likeness (QED) is 0.368. The maximum Gasteiger partial charge on any atom is 2.00 e. The third-order valence-corrected chi connectivity index (χ3v) is 6.22. The molecule has 0 aliphatic rings. The Kier molecular flexibility index (Phi) is 5.52. The van der Waals surface area contributed by atoms with Crippen LogP contribution in [0.3, 0.4) is 0 Å². The van der Waals surface area contributed by atoms with Crippen LogP contribution in [0.25, 0.3) is 23.0 Å². The first-order chi connectivity index (χ1) is 13.2. The van der Waals surface area contributed by atoms with Gasteiger partial charge in [0.15, 0.2) is 0 Å². The van der Waals surface area contributed by atoms with Crippen LogP contribution in [-0.4, -0.2) is 19.1 Å². The first-order valence-electron chi connectivity index (χ1n) is 9.45. The van der Waals surface area contributed by atoms with E-state index in [1.165, 1.54) is 0 Å². The molecule has 4 heterocycles. The minimum atomic E-state index is -0.226. The Labute approximate surface area is 186 Å². The molecule has 0 unspecified atom stereocenters. The summed E-state index contributed by atoms with van der Waals surface area (Å²) in [5.41, 5.74) is 3.42. The molecule has 0 amide bonds. The maximum absolute atomic E-state index is 4.92. The largest absolute Gasteiger partial charge is 2.00 e. The summed E-state index contributed by atoms with van der Waals surface area (Å²) in [6.45, 7) is 8.92. The van der Waals surface area contributed by atoms with Crippen molar-refractivity contribution in [3.8, 4) is 23.0 Å². The molecule has 4 rings (SSSR count). The normalized spacial score (nSPS) is 12.2. The average molecular weight is 570 g/mol. The number of imidazole rings is 2. The van der Waals surface area contributed by atoms with Crippen molar-refractivity contribution < 1.29 is 21.1 Å². The van der Waals surface area contributed by atoms with E-state index in [2.05, 4.69) is 49.8 Å². The Morgan fingerprint density at radius 2 is 1.07 bits per heavy atom. The number of nitrogens with zero attached hydrogens (tertiary/aromatic N) is 6. The van der Waals surface area contributed by atoms with Gasteiger partial charge in [0, 0.05) is 38.9 Å². The molecule has 7 heteroatoms. The van der Waals surface area contributed by atoms with E-state index in [0.717, 1.165) is 34.4 Å². The van der Waals surface area contributed by atoms with Crippen molar-refractivity contribution in [3.05, 3.63) is 60.4 Å². The summed E-state index contributed by atoms with van der Waals surface area (Å²) in [7, 11) is 3.97. The summed E-state index contributed by atoms with van der Waals surface area (Å²) in [6.07, 6.45) is 7.47. The molecule has 0 radical (unpaired) electrons. The van der Waals surface area contributed by atoms with E-state index >= 15 is 0 Å². The Bertz CT molecular complexity index is 1020. The minimum Gasteiger partial charge on any atom is -0.658 e. The molecule has 0 bridgehead atoms. The summed E-state index contributed by atoms with van der Waals surface area (Å²) < 4.78 is 3.98. The van der Waals surface area contributed by atoms with Crippen LogP contribution in [0, 0.1) is 0 Å². The fourth-order valence-electron chi connectivity index (χ4n) is 3.53. The Morgan fingerprint density at radius 3 is 1.38 bits per heavy atom. The number of rotatable bonds is 5. The van der Waals surface area contributed by atoms with Crippen LogP contribution in [-0.2, 0) is 46.0 Å². The minimum absolute atomic E-state index is 0. The van der Waals surface area contributed by atoms with Crippen molar-refractivity contribution in [2.45, 2.75) is 38.5 Å². The van der Waals surface area contributed by atoms with Gasteiger partial charge in [-0.15, -0.1) is 0 Å². The topological polar surface area (TPSA) is 63.8 Å². The maximum atomic E-state index is 4.92. The van der Waals surface area contributed by atoms with Crippen LogP contribution in [0.2, 0.25) is 0 Å². The number of hydrogen-bond acceptors (Lipinski definition) is 2. The second kappa shape index (κ2) is 7.49. The van der Waals surface area contributed by atoms with Crippen molar-refractivity contribution in [1.29, 1.82) is 0 Å². The molecular formula is C22H26N6Pt. The van der Waals surface area contributed by atoms with E-state index < -0.39 is 0 Å². The first kappa shape index (κ1) is 21.4. The molecule has 0 saturated heterocycles. The van der Waals surface area contributed by atoms with Gasteiger partial charge in [0.05, 0.1) is 0 Å². The van der Waals surface area contributed by atoms with Gasteiger partial charge in [0.25, 0.3) is 0 Å².